The molecule has 1 rings (SSSR count). The molecule has 0 radical (unpaired) electrons. The van der Waals surface area contributed by atoms with Crippen molar-refractivity contribution in [2.24, 2.45) is 5.73 Å². The maximum atomic E-state index is 10.5. The van der Waals surface area contributed by atoms with Crippen LogP contribution in [-0.2, 0) is 0 Å². The third-order valence-electron chi connectivity index (χ3n) is 1.81. The van der Waals surface area contributed by atoms with Crippen molar-refractivity contribution < 1.29 is 20.1 Å². The molecule has 0 fully saturated rings. The van der Waals surface area contributed by atoms with Gasteiger partial charge in [0.1, 0.15) is 16.0 Å². The standard InChI is InChI=1S/C8H12N2O4S/c9-2-1-4(11)6(12)7-10-3-5(15-7)8(13)14/h3-4,6,11-12H,1-2,9H2,(H,13,14). The summed E-state index contributed by atoms with van der Waals surface area (Å²) < 4.78 is 0. The highest BCUT2D eigenvalue weighted by Gasteiger charge is 2.22. The van der Waals surface area contributed by atoms with Gasteiger partial charge in [0.2, 0.25) is 0 Å². The van der Waals surface area contributed by atoms with Crippen molar-refractivity contribution in [3.05, 3.63) is 16.1 Å². The molecule has 0 bridgehead atoms. The smallest absolute Gasteiger partial charge is 0.347 e. The molecule has 2 atom stereocenters. The number of nitrogens with two attached hydrogens (primary N) is 1. The van der Waals surface area contributed by atoms with Gasteiger partial charge in [0.05, 0.1) is 12.3 Å². The van der Waals surface area contributed by atoms with Crippen molar-refractivity contribution in [1.82, 2.24) is 4.98 Å². The van der Waals surface area contributed by atoms with Gasteiger partial charge in [-0.1, -0.05) is 0 Å². The maximum absolute atomic E-state index is 10.5. The number of aliphatic hydroxyl groups excluding tert-OH is 2. The van der Waals surface area contributed by atoms with E-state index in [4.69, 9.17) is 10.8 Å². The fourth-order valence-electron chi connectivity index (χ4n) is 1.02. The summed E-state index contributed by atoms with van der Waals surface area (Å²) in [4.78, 5) is 14.3. The molecular formula is C8H12N2O4S. The SMILES string of the molecule is NCCC(O)C(O)c1ncc(C(=O)O)s1. The Hall–Kier alpha value is -1.02. The van der Waals surface area contributed by atoms with E-state index in [-0.39, 0.29) is 22.9 Å². The van der Waals surface area contributed by atoms with Crippen LogP contribution in [0.4, 0.5) is 0 Å². The molecule has 0 saturated carbocycles. The fourth-order valence-corrected chi connectivity index (χ4v) is 1.82. The predicted octanol–water partition coefficient (Wildman–Crippen LogP) is -0.416. The highest BCUT2D eigenvalue weighted by atomic mass is 32.1. The van der Waals surface area contributed by atoms with E-state index in [9.17, 15) is 15.0 Å². The van der Waals surface area contributed by atoms with Gasteiger partial charge < -0.3 is 21.1 Å². The first-order chi connectivity index (χ1) is 7.06. The Bertz CT molecular complexity index is 341. The van der Waals surface area contributed by atoms with Crippen LogP contribution in [-0.4, -0.2) is 38.9 Å². The molecule has 1 heterocycles. The highest BCUT2D eigenvalue weighted by Crippen LogP contribution is 2.23. The van der Waals surface area contributed by atoms with Crippen molar-refractivity contribution in [3.8, 4) is 0 Å². The number of hydrogen-bond donors (Lipinski definition) is 4. The molecule has 7 heteroatoms. The molecule has 15 heavy (non-hydrogen) atoms. The van der Waals surface area contributed by atoms with E-state index in [1.54, 1.807) is 0 Å². The van der Waals surface area contributed by atoms with Gasteiger partial charge in [0.15, 0.2) is 0 Å². The van der Waals surface area contributed by atoms with Crippen LogP contribution in [0.5, 0.6) is 0 Å². The Morgan fingerprint density at radius 3 is 2.73 bits per heavy atom. The van der Waals surface area contributed by atoms with Crippen LogP contribution >= 0.6 is 11.3 Å². The normalized spacial score (nSPS) is 14.9. The lowest BCUT2D eigenvalue weighted by atomic mass is 10.1. The van der Waals surface area contributed by atoms with Crippen molar-refractivity contribution in [1.29, 1.82) is 0 Å². The molecule has 0 saturated heterocycles. The van der Waals surface area contributed by atoms with Gasteiger partial charge in [-0.3, -0.25) is 0 Å². The average Bonchev–Trinajstić information content (AvgIpc) is 2.65. The number of carboxylic acids is 1. The Kier molecular flexibility index (Phi) is 4.15. The third kappa shape index (κ3) is 2.96. The molecule has 0 aromatic carbocycles. The number of rotatable bonds is 5. The van der Waals surface area contributed by atoms with Gasteiger partial charge in [-0.2, -0.15) is 0 Å². The number of carboxylic acid groups (broad SMARTS) is 1. The van der Waals surface area contributed by atoms with E-state index in [0.717, 1.165) is 17.5 Å². The summed E-state index contributed by atoms with van der Waals surface area (Å²) >= 11 is 0.842. The van der Waals surface area contributed by atoms with Crippen LogP contribution in [0.2, 0.25) is 0 Å². The van der Waals surface area contributed by atoms with Gasteiger partial charge >= 0.3 is 5.97 Å². The zero-order valence-electron chi connectivity index (χ0n) is 7.83. The van der Waals surface area contributed by atoms with Crippen LogP contribution < -0.4 is 5.73 Å². The van der Waals surface area contributed by atoms with E-state index in [2.05, 4.69) is 4.98 Å². The monoisotopic (exact) mass is 232 g/mol. The van der Waals surface area contributed by atoms with E-state index in [1.165, 1.54) is 0 Å². The van der Waals surface area contributed by atoms with Crippen molar-refractivity contribution in [2.75, 3.05) is 6.54 Å². The second-order valence-electron chi connectivity index (χ2n) is 2.96. The Balaban J connectivity index is 2.73. The van der Waals surface area contributed by atoms with Gasteiger partial charge in [-0.05, 0) is 13.0 Å². The lowest BCUT2D eigenvalue weighted by molar-refractivity contribution is 0.0149. The second kappa shape index (κ2) is 5.17. The summed E-state index contributed by atoms with van der Waals surface area (Å²) in [5, 5.41) is 27.8. The quantitative estimate of drug-likeness (QED) is 0.548. The zero-order chi connectivity index (χ0) is 11.4. The molecule has 5 N–H and O–H groups in total. The van der Waals surface area contributed by atoms with E-state index >= 15 is 0 Å². The Labute approximate surface area is 90.0 Å². The van der Waals surface area contributed by atoms with Crippen molar-refractivity contribution >= 4 is 17.3 Å². The van der Waals surface area contributed by atoms with Crippen LogP contribution in [0, 0.1) is 0 Å². The number of nitrogens with zero attached hydrogens (tertiary/aromatic N) is 1. The van der Waals surface area contributed by atoms with Crippen LogP contribution in [0.3, 0.4) is 0 Å². The maximum Gasteiger partial charge on any atom is 0.347 e. The number of thiazole rings is 1. The number of hydrogen-bond acceptors (Lipinski definition) is 6. The lowest BCUT2D eigenvalue weighted by Gasteiger charge is -2.13. The van der Waals surface area contributed by atoms with Crippen LogP contribution in [0.25, 0.3) is 0 Å². The minimum absolute atomic E-state index is 0.0315. The van der Waals surface area contributed by atoms with E-state index < -0.39 is 18.2 Å². The molecule has 84 valence electrons. The predicted molar refractivity (Wildman–Crippen MR) is 53.7 cm³/mol. The third-order valence-corrected chi connectivity index (χ3v) is 2.87. The first kappa shape index (κ1) is 12.1. The van der Waals surface area contributed by atoms with Crippen LogP contribution in [0.1, 0.15) is 27.2 Å². The zero-order valence-corrected chi connectivity index (χ0v) is 8.65. The summed E-state index contributed by atoms with van der Waals surface area (Å²) in [6, 6.07) is 0. The molecule has 6 nitrogen and oxygen atoms in total. The summed E-state index contributed by atoms with van der Waals surface area (Å²) in [6.07, 6.45) is -0.793. The van der Waals surface area contributed by atoms with Gasteiger partial charge in [0, 0.05) is 0 Å². The second-order valence-corrected chi connectivity index (χ2v) is 4.02. The topological polar surface area (TPSA) is 117 Å². The van der Waals surface area contributed by atoms with Crippen molar-refractivity contribution in [2.45, 2.75) is 18.6 Å². The largest absolute Gasteiger partial charge is 0.477 e. The summed E-state index contributed by atoms with van der Waals surface area (Å²) in [7, 11) is 0. The first-order valence-electron chi connectivity index (χ1n) is 4.31. The lowest BCUT2D eigenvalue weighted by Crippen LogP contribution is -2.21. The van der Waals surface area contributed by atoms with E-state index in [0.29, 0.717) is 0 Å². The molecular weight excluding hydrogens is 220 g/mol. The molecule has 0 aliphatic heterocycles. The molecule has 1 aromatic heterocycles. The molecule has 0 aliphatic carbocycles. The minimum Gasteiger partial charge on any atom is -0.477 e. The number of carbonyl (C=O) groups is 1. The van der Waals surface area contributed by atoms with Gasteiger partial charge in [0.25, 0.3) is 0 Å². The summed E-state index contributed by atoms with van der Waals surface area (Å²) in [5.74, 6) is -1.10. The number of aromatic carboxylic acids is 1. The van der Waals surface area contributed by atoms with Crippen molar-refractivity contribution in [3.63, 3.8) is 0 Å². The van der Waals surface area contributed by atoms with Gasteiger partial charge in [-0.15, -0.1) is 11.3 Å². The number of aromatic nitrogens is 1. The molecule has 1 aromatic rings. The van der Waals surface area contributed by atoms with Crippen LogP contribution in [0.15, 0.2) is 6.20 Å². The Morgan fingerprint density at radius 1 is 1.60 bits per heavy atom. The minimum atomic E-state index is -1.17. The number of aliphatic hydroxyl groups is 2. The van der Waals surface area contributed by atoms with Gasteiger partial charge in [-0.25, -0.2) is 9.78 Å². The first-order valence-corrected chi connectivity index (χ1v) is 5.13. The van der Waals surface area contributed by atoms with E-state index in [1.807, 2.05) is 0 Å². The Morgan fingerprint density at radius 2 is 2.27 bits per heavy atom. The highest BCUT2D eigenvalue weighted by molar-refractivity contribution is 7.13. The summed E-state index contributed by atoms with van der Waals surface area (Å²) in [5.41, 5.74) is 5.22. The molecule has 0 spiro atoms. The average molecular weight is 232 g/mol. The molecule has 0 amide bonds. The molecule has 0 aliphatic rings. The summed E-state index contributed by atoms with van der Waals surface area (Å²) in [6.45, 7) is 0.245. The molecule has 2 unspecified atom stereocenters. The fraction of sp³-hybridized carbons (Fsp3) is 0.500.